The predicted octanol–water partition coefficient (Wildman–Crippen LogP) is 2.31. The Hall–Kier alpha value is -2.13. The molecule has 0 saturated carbocycles. The summed E-state index contributed by atoms with van der Waals surface area (Å²) in [6.45, 7) is 3.31. The van der Waals surface area contributed by atoms with Gasteiger partial charge in [-0.05, 0) is 27.7 Å². The Morgan fingerprint density at radius 2 is 1.76 bits per heavy atom. The van der Waals surface area contributed by atoms with Gasteiger partial charge in [-0.25, -0.2) is 0 Å². The SMILES string of the molecule is COc1cc(N(C)OC(C)(C)C(C)(C)O)cc(OC(F)F)c1C(N)=O. The van der Waals surface area contributed by atoms with Crippen LogP contribution in [0.5, 0.6) is 11.5 Å². The number of alkyl halides is 2. The minimum absolute atomic E-state index is 0.0443. The van der Waals surface area contributed by atoms with Crippen molar-refractivity contribution in [2.45, 2.75) is 45.5 Å². The highest BCUT2D eigenvalue weighted by Crippen LogP contribution is 2.36. The Balaban J connectivity index is 3.34. The number of rotatable bonds is 8. The third-order valence-corrected chi connectivity index (χ3v) is 3.94. The van der Waals surface area contributed by atoms with Crippen LogP contribution in [-0.2, 0) is 4.84 Å². The summed E-state index contributed by atoms with van der Waals surface area (Å²) < 4.78 is 34.8. The standard InChI is InChI=1S/C16H24F2N2O5/c1-15(2,22)16(3,4)25-20(5)9-7-10(23-6)12(13(19)21)11(8-9)24-14(17)18/h7-8,14,22H,1-6H3,(H2,19,21). The Kier molecular flexibility index (Phi) is 6.19. The second-order valence-electron chi connectivity index (χ2n) is 6.42. The largest absolute Gasteiger partial charge is 0.496 e. The predicted molar refractivity (Wildman–Crippen MR) is 88.0 cm³/mol. The van der Waals surface area contributed by atoms with Crippen LogP contribution >= 0.6 is 0 Å². The van der Waals surface area contributed by atoms with Crippen LogP contribution in [-0.4, -0.2) is 43.0 Å². The van der Waals surface area contributed by atoms with Crippen LogP contribution < -0.4 is 20.3 Å². The number of halogens is 2. The molecular weight excluding hydrogens is 338 g/mol. The number of nitrogens with zero attached hydrogens (tertiary/aromatic N) is 1. The molecule has 0 aliphatic carbocycles. The molecule has 0 radical (unpaired) electrons. The van der Waals surface area contributed by atoms with E-state index in [0.29, 0.717) is 0 Å². The summed E-state index contributed by atoms with van der Waals surface area (Å²) in [4.78, 5) is 17.3. The van der Waals surface area contributed by atoms with Crippen molar-refractivity contribution in [2.24, 2.45) is 5.73 Å². The van der Waals surface area contributed by atoms with Gasteiger partial charge in [-0.2, -0.15) is 8.78 Å². The molecule has 1 aromatic carbocycles. The first-order chi connectivity index (χ1) is 11.3. The summed E-state index contributed by atoms with van der Waals surface area (Å²) in [7, 11) is 2.78. The number of amides is 1. The van der Waals surface area contributed by atoms with Gasteiger partial charge in [-0.1, -0.05) is 0 Å². The van der Waals surface area contributed by atoms with Gasteiger partial charge in [0.25, 0.3) is 5.91 Å². The lowest BCUT2D eigenvalue weighted by molar-refractivity contribution is -0.152. The fraction of sp³-hybridized carbons (Fsp3) is 0.562. The number of hydrogen-bond donors (Lipinski definition) is 2. The summed E-state index contributed by atoms with van der Waals surface area (Å²) >= 11 is 0. The lowest BCUT2D eigenvalue weighted by Crippen LogP contribution is -2.50. The van der Waals surface area contributed by atoms with E-state index in [-0.39, 0.29) is 17.0 Å². The summed E-state index contributed by atoms with van der Waals surface area (Å²) in [6.07, 6.45) is 0. The second kappa shape index (κ2) is 7.40. The first-order valence-electron chi connectivity index (χ1n) is 7.42. The van der Waals surface area contributed by atoms with E-state index in [9.17, 15) is 18.7 Å². The Morgan fingerprint density at radius 1 is 1.24 bits per heavy atom. The van der Waals surface area contributed by atoms with E-state index in [4.69, 9.17) is 15.3 Å². The van der Waals surface area contributed by atoms with Crippen molar-refractivity contribution in [3.8, 4) is 11.5 Å². The van der Waals surface area contributed by atoms with Crippen molar-refractivity contribution in [2.75, 3.05) is 19.2 Å². The topological polar surface area (TPSA) is 94.2 Å². The number of ether oxygens (including phenoxy) is 2. The molecule has 1 rings (SSSR count). The van der Waals surface area contributed by atoms with Gasteiger partial charge in [0.15, 0.2) is 0 Å². The first-order valence-corrected chi connectivity index (χ1v) is 7.42. The van der Waals surface area contributed by atoms with E-state index >= 15 is 0 Å². The van der Waals surface area contributed by atoms with Crippen LogP contribution in [0.4, 0.5) is 14.5 Å². The van der Waals surface area contributed by atoms with Crippen molar-refractivity contribution in [1.82, 2.24) is 0 Å². The van der Waals surface area contributed by atoms with Crippen molar-refractivity contribution in [1.29, 1.82) is 0 Å². The molecule has 0 saturated heterocycles. The Morgan fingerprint density at radius 3 is 2.16 bits per heavy atom. The molecule has 9 heteroatoms. The third kappa shape index (κ3) is 4.93. The van der Waals surface area contributed by atoms with Crippen LogP contribution in [0.3, 0.4) is 0 Å². The van der Waals surface area contributed by atoms with Crippen molar-refractivity contribution >= 4 is 11.6 Å². The van der Waals surface area contributed by atoms with Gasteiger partial charge in [0, 0.05) is 19.2 Å². The molecular formula is C16H24F2N2O5. The molecule has 0 atom stereocenters. The fourth-order valence-electron chi connectivity index (χ4n) is 1.86. The number of carbonyl (C=O) groups is 1. The minimum atomic E-state index is -3.16. The van der Waals surface area contributed by atoms with Crippen molar-refractivity contribution in [3.05, 3.63) is 17.7 Å². The highest BCUT2D eigenvalue weighted by Gasteiger charge is 2.38. The van der Waals surface area contributed by atoms with E-state index in [1.165, 1.54) is 31.4 Å². The van der Waals surface area contributed by atoms with E-state index in [1.54, 1.807) is 27.7 Å². The maximum absolute atomic E-state index is 12.7. The van der Waals surface area contributed by atoms with Crippen LogP contribution in [0, 0.1) is 0 Å². The highest BCUT2D eigenvalue weighted by molar-refractivity contribution is 5.99. The smallest absolute Gasteiger partial charge is 0.387 e. The summed E-state index contributed by atoms with van der Waals surface area (Å²) in [5.41, 5.74) is 2.98. The molecule has 1 amide bonds. The number of aliphatic hydroxyl groups is 1. The summed E-state index contributed by atoms with van der Waals surface area (Å²) in [5.74, 6) is -1.45. The summed E-state index contributed by atoms with van der Waals surface area (Å²) in [5, 5.41) is 11.4. The highest BCUT2D eigenvalue weighted by atomic mass is 19.3. The van der Waals surface area contributed by atoms with Crippen LogP contribution in [0.2, 0.25) is 0 Å². The maximum atomic E-state index is 12.7. The molecule has 142 valence electrons. The average Bonchev–Trinajstić information content (AvgIpc) is 2.43. The molecule has 1 aromatic rings. The van der Waals surface area contributed by atoms with Crippen molar-refractivity contribution in [3.63, 3.8) is 0 Å². The van der Waals surface area contributed by atoms with Gasteiger partial charge < -0.3 is 20.3 Å². The normalized spacial score (nSPS) is 12.2. The maximum Gasteiger partial charge on any atom is 0.387 e. The molecule has 0 bridgehead atoms. The molecule has 7 nitrogen and oxygen atoms in total. The molecule has 0 aliphatic heterocycles. The van der Waals surface area contributed by atoms with Crippen LogP contribution in [0.25, 0.3) is 0 Å². The number of primary amides is 1. The third-order valence-electron chi connectivity index (χ3n) is 3.94. The van der Waals surface area contributed by atoms with Crippen LogP contribution in [0.1, 0.15) is 38.1 Å². The minimum Gasteiger partial charge on any atom is -0.496 e. The Labute approximate surface area is 145 Å². The van der Waals surface area contributed by atoms with E-state index in [1.807, 2.05) is 0 Å². The number of anilines is 1. The lowest BCUT2D eigenvalue weighted by atomic mass is 9.90. The van der Waals surface area contributed by atoms with Crippen LogP contribution in [0.15, 0.2) is 12.1 Å². The van der Waals surface area contributed by atoms with Gasteiger partial charge >= 0.3 is 6.61 Å². The molecule has 3 N–H and O–H groups in total. The molecule has 0 heterocycles. The number of nitrogens with two attached hydrogens (primary N) is 1. The van der Waals surface area contributed by atoms with Gasteiger partial charge in [-0.3, -0.25) is 14.7 Å². The number of methoxy groups -OCH3 is 1. The van der Waals surface area contributed by atoms with Gasteiger partial charge in [0.05, 0.1) is 18.4 Å². The zero-order valence-corrected chi connectivity index (χ0v) is 15.1. The monoisotopic (exact) mass is 362 g/mol. The average molecular weight is 362 g/mol. The second-order valence-corrected chi connectivity index (χ2v) is 6.42. The first kappa shape index (κ1) is 20.9. The zero-order valence-electron chi connectivity index (χ0n) is 15.1. The van der Waals surface area contributed by atoms with E-state index < -0.39 is 29.5 Å². The summed E-state index contributed by atoms with van der Waals surface area (Å²) in [6, 6.07) is 2.56. The van der Waals surface area contributed by atoms with Gasteiger partial charge in [0.1, 0.15) is 22.7 Å². The molecule has 0 spiro atoms. The molecule has 0 fully saturated rings. The molecule has 0 aliphatic rings. The van der Waals surface area contributed by atoms with Gasteiger partial charge in [-0.15, -0.1) is 0 Å². The lowest BCUT2D eigenvalue weighted by Gasteiger charge is -2.39. The zero-order chi connectivity index (χ0) is 19.6. The van der Waals surface area contributed by atoms with Crippen molar-refractivity contribution < 1.29 is 33.0 Å². The molecule has 0 aromatic heterocycles. The van der Waals surface area contributed by atoms with E-state index in [2.05, 4.69) is 4.74 Å². The number of carbonyl (C=O) groups excluding carboxylic acids is 1. The number of hydroxylamine groups is 1. The fourth-order valence-corrected chi connectivity index (χ4v) is 1.86. The Bertz CT molecular complexity index is 630. The number of hydrogen-bond acceptors (Lipinski definition) is 6. The quantitative estimate of drug-likeness (QED) is 0.689. The molecule has 25 heavy (non-hydrogen) atoms. The number of benzene rings is 1. The van der Waals surface area contributed by atoms with Gasteiger partial charge in [0.2, 0.25) is 0 Å². The van der Waals surface area contributed by atoms with E-state index in [0.717, 1.165) is 0 Å². The molecule has 0 unspecified atom stereocenters.